The number of halogens is 2. The van der Waals surface area contributed by atoms with Crippen molar-refractivity contribution >= 4 is 33.4 Å². The van der Waals surface area contributed by atoms with E-state index in [1.807, 2.05) is 36.4 Å². The Hall–Kier alpha value is -3.21. The molecule has 26 heavy (non-hydrogen) atoms. The average Bonchev–Trinajstić information content (AvgIpc) is 2.97. The summed E-state index contributed by atoms with van der Waals surface area (Å²) in [6.07, 6.45) is 0. The van der Waals surface area contributed by atoms with E-state index in [1.54, 1.807) is 0 Å². The van der Waals surface area contributed by atoms with Gasteiger partial charge in [0.15, 0.2) is 11.6 Å². The summed E-state index contributed by atoms with van der Waals surface area (Å²) in [5.74, 6) is -2.50. The number of aromatic nitrogens is 1. The van der Waals surface area contributed by atoms with Gasteiger partial charge in [0.1, 0.15) is 0 Å². The van der Waals surface area contributed by atoms with E-state index < -0.39 is 17.5 Å². The minimum absolute atomic E-state index is 0.0694. The van der Waals surface area contributed by atoms with Crippen LogP contribution in [-0.2, 0) is 6.54 Å². The van der Waals surface area contributed by atoms with E-state index in [-0.39, 0.29) is 5.56 Å². The third-order valence-corrected chi connectivity index (χ3v) is 4.53. The van der Waals surface area contributed by atoms with Crippen molar-refractivity contribution in [2.75, 3.05) is 5.32 Å². The Labute approximate surface area is 148 Å². The third-order valence-electron chi connectivity index (χ3n) is 4.53. The van der Waals surface area contributed by atoms with Crippen molar-refractivity contribution in [2.45, 2.75) is 13.5 Å². The Morgan fingerprint density at radius 3 is 2.46 bits per heavy atom. The molecule has 3 nitrogen and oxygen atoms in total. The minimum Gasteiger partial charge on any atom is -0.341 e. The highest BCUT2D eigenvalue weighted by Gasteiger charge is 2.13. The Bertz CT molecular complexity index is 1150. The van der Waals surface area contributed by atoms with Gasteiger partial charge in [0, 0.05) is 39.6 Å². The normalized spacial score (nSPS) is 11.2. The molecule has 4 rings (SSSR count). The number of amides is 1. The van der Waals surface area contributed by atoms with Crippen LogP contribution in [0.1, 0.15) is 17.3 Å². The molecule has 0 fully saturated rings. The zero-order chi connectivity index (χ0) is 18.3. The number of benzene rings is 3. The SMILES string of the molecule is CCn1c2ccccc2c2cc(NC(=O)c3ccc(F)c(F)c3)ccc21. The Balaban J connectivity index is 1.74. The molecule has 1 aromatic heterocycles. The van der Waals surface area contributed by atoms with Gasteiger partial charge in [-0.2, -0.15) is 0 Å². The van der Waals surface area contributed by atoms with Gasteiger partial charge in [0.2, 0.25) is 0 Å². The Kier molecular flexibility index (Phi) is 3.92. The van der Waals surface area contributed by atoms with Gasteiger partial charge in [-0.15, -0.1) is 0 Å². The first-order chi connectivity index (χ1) is 12.6. The average molecular weight is 350 g/mol. The van der Waals surface area contributed by atoms with Gasteiger partial charge in [0.25, 0.3) is 5.91 Å². The van der Waals surface area contributed by atoms with Crippen LogP contribution in [0.4, 0.5) is 14.5 Å². The van der Waals surface area contributed by atoms with Gasteiger partial charge in [-0.05, 0) is 49.4 Å². The molecule has 0 aliphatic rings. The maximum absolute atomic E-state index is 13.3. The number of aryl methyl sites for hydroxylation is 1. The fourth-order valence-electron chi connectivity index (χ4n) is 3.31. The maximum atomic E-state index is 13.3. The number of fused-ring (bicyclic) bond motifs is 3. The highest BCUT2D eigenvalue weighted by molar-refractivity contribution is 6.11. The lowest BCUT2D eigenvalue weighted by atomic mass is 10.1. The van der Waals surface area contributed by atoms with Crippen LogP contribution < -0.4 is 5.32 Å². The van der Waals surface area contributed by atoms with E-state index in [0.717, 1.165) is 40.5 Å². The van der Waals surface area contributed by atoms with Crippen molar-refractivity contribution in [1.82, 2.24) is 4.57 Å². The van der Waals surface area contributed by atoms with Gasteiger partial charge in [0.05, 0.1) is 0 Å². The lowest BCUT2D eigenvalue weighted by Crippen LogP contribution is -2.12. The number of para-hydroxylation sites is 1. The minimum atomic E-state index is -1.04. The zero-order valence-electron chi connectivity index (χ0n) is 14.1. The summed E-state index contributed by atoms with van der Waals surface area (Å²) in [5, 5.41) is 4.89. The summed E-state index contributed by atoms with van der Waals surface area (Å²) >= 11 is 0. The molecule has 0 radical (unpaired) electrons. The number of hydrogen-bond donors (Lipinski definition) is 1. The van der Waals surface area contributed by atoms with Gasteiger partial charge in [-0.3, -0.25) is 4.79 Å². The highest BCUT2D eigenvalue weighted by Crippen LogP contribution is 2.31. The van der Waals surface area contributed by atoms with E-state index in [4.69, 9.17) is 0 Å². The molecule has 0 aliphatic heterocycles. The first-order valence-corrected chi connectivity index (χ1v) is 8.36. The van der Waals surface area contributed by atoms with Crippen LogP contribution in [0.15, 0.2) is 60.7 Å². The summed E-state index contributed by atoms with van der Waals surface area (Å²) in [6, 6.07) is 16.9. The van der Waals surface area contributed by atoms with E-state index in [0.29, 0.717) is 5.69 Å². The molecule has 0 bridgehead atoms. The molecule has 5 heteroatoms. The second kappa shape index (κ2) is 6.26. The second-order valence-corrected chi connectivity index (χ2v) is 6.08. The molecule has 4 aromatic rings. The summed E-state index contributed by atoms with van der Waals surface area (Å²) in [7, 11) is 0. The predicted octanol–water partition coefficient (Wildman–Crippen LogP) is 5.34. The van der Waals surface area contributed by atoms with E-state index in [1.165, 1.54) is 6.07 Å². The van der Waals surface area contributed by atoms with Crippen LogP contribution in [0.25, 0.3) is 21.8 Å². The largest absolute Gasteiger partial charge is 0.341 e. The molecule has 0 spiro atoms. The number of hydrogen-bond acceptors (Lipinski definition) is 1. The van der Waals surface area contributed by atoms with E-state index in [9.17, 15) is 13.6 Å². The van der Waals surface area contributed by atoms with Gasteiger partial charge < -0.3 is 9.88 Å². The van der Waals surface area contributed by atoms with Crippen LogP contribution in [-0.4, -0.2) is 10.5 Å². The summed E-state index contributed by atoms with van der Waals surface area (Å²) in [5.41, 5.74) is 2.89. The third kappa shape index (κ3) is 2.62. The number of nitrogens with one attached hydrogen (secondary N) is 1. The standard InChI is InChI=1S/C21H16F2N2O/c1-2-25-19-6-4-3-5-15(19)16-12-14(8-10-20(16)25)24-21(26)13-7-9-17(22)18(23)11-13/h3-12H,2H2,1H3,(H,24,26). The summed E-state index contributed by atoms with van der Waals surface area (Å²) in [4.78, 5) is 12.3. The van der Waals surface area contributed by atoms with Crippen LogP contribution in [0.5, 0.6) is 0 Å². The topological polar surface area (TPSA) is 34.0 Å². The molecule has 3 aromatic carbocycles. The predicted molar refractivity (Wildman–Crippen MR) is 99.4 cm³/mol. The van der Waals surface area contributed by atoms with Crippen LogP contribution in [0.3, 0.4) is 0 Å². The molecule has 1 N–H and O–H groups in total. The lowest BCUT2D eigenvalue weighted by molar-refractivity contribution is 0.102. The Morgan fingerprint density at radius 1 is 0.923 bits per heavy atom. The maximum Gasteiger partial charge on any atom is 0.255 e. The number of carbonyl (C=O) groups is 1. The first kappa shape index (κ1) is 16.3. The molecule has 0 saturated carbocycles. The lowest BCUT2D eigenvalue weighted by Gasteiger charge is -2.07. The first-order valence-electron chi connectivity index (χ1n) is 8.36. The Morgan fingerprint density at radius 2 is 1.69 bits per heavy atom. The zero-order valence-corrected chi connectivity index (χ0v) is 14.1. The summed E-state index contributed by atoms with van der Waals surface area (Å²) < 4.78 is 28.6. The number of nitrogens with zero attached hydrogens (tertiary/aromatic N) is 1. The van der Waals surface area contributed by atoms with Crippen LogP contribution in [0.2, 0.25) is 0 Å². The van der Waals surface area contributed by atoms with Crippen molar-refractivity contribution in [3.05, 3.63) is 77.9 Å². The molecule has 1 amide bonds. The van der Waals surface area contributed by atoms with Gasteiger partial charge in [-0.25, -0.2) is 8.78 Å². The molecule has 0 saturated heterocycles. The molecular weight excluding hydrogens is 334 g/mol. The molecule has 0 aliphatic carbocycles. The summed E-state index contributed by atoms with van der Waals surface area (Å²) in [6.45, 7) is 2.93. The van der Waals surface area contributed by atoms with Crippen molar-refractivity contribution in [1.29, 1.82) is 0 Å². The van der Waals surface area contributed by atoms with Crippen molar-refractivity contribution in [3.8, 4) is 0 Å². The monoisotopic (exact) mass is 350 g/mol. The molecular formula is C21H16F2N2O. The van der Waals surface area contributed by atoms with Crippen LogP contribution in [0, 0.1) is 11.6 Å². The van der Waals surface area contributed by atoms with Gasteiger partial charge >= 0.3 is 0 Å². The van der Waals surface area contributed by atoms with Gasteiger partial charge in [-0.1, -0.05) is 18.2 Å². The molecule has 1 heterocycles. The smallest absolute Gasteiger partial charge is 0.255 e. The number of carbonyl (C=O) groups excluding carboxylic acids is 1. The quantitative estimate of drug-likeness (QED) is 0.531. The fourth-order valence-corrected chi connectivity index (χ4v) is 3.31. The molecule has 130 valence electrons. The number of rotatable bonds is 3. The highest BCUT2D eigenvalue weighted by atomic mass is 19.2. The number of anilines is 1. The van der Waals surface area contributed by atoms with Crippen molar-refractivity contribution in [2.24, 2.45) is 0 Å². The van der Waals surface area contributed by atoms with E-state index >= 15 is 0 Å². The van der Waals surface area contributed by atoms with Crippen molar-refractivity contribution < 1.29 is 13.6 Å². The second-order valence-electron chi connectivity index (χ2n) is 6.08. The van der Waals surface area contributed by atoms with E-state index in [2.05, 4.69) is 22.9 Å². The van der Waals surface area contributed by atoms with Crippen LogP contribution >= 0.6 is 0 Å². The fraction of sp³-hybridized carbons (Fsp3) is 0.0952. The molecule has 0 atom stereocenters. The molecule has 0 unspecified atom stereocenters. The van der Waals surface area contributed by atoms with Crippen molar-refractivity contribution in [3.63, 3.8) is 0 Å².